The van der Waals surface area contributed by atoms with Gasteiger partial charge in [-0.15, -0.1) is 0 Å². The second-order valence-electron chi connectivity index (χ2n) is 13.8. The molecule has 1 aliphatic carbocycles. The summed E-state index contributed by atoms with van der Waals surface area (Å²) in [6.07, 6.45) is 14.5. The zero-order valence-electron chi connectivity index (χ0n) is 27.9. The van der Waals surface area contributed by atoms with Crippen LogP contribution in [0.3, 0.4) is 0 Å². The topological polar surface area (TPSA) is 48.4 Å². The fraction of sp³-hybridized carbons (Fsp3) is 0.526. The number of aromatic nitrogens is 1. The third kappa shape index (κ3) is 7.85. The number of rotatable bonds is 12. The van der Waals surface area contributed by atoms with Crippen LogP contribution in [0.25, 0.3) is 11.1 Å². The summed E-state index contributed by atoms with van der Waals surface area (Å²) < 4.78 is 11.7. The number of ether oxygens (including phenoxy) is 1. The quantitative estimate of drug-likeness (QED) is 0.154. The average molecular weight is 600 g/mol. The standard InChI is InChI=1S/C38H53NO3Si/c1-9-38(10-2,34-16-17-35(29(4)23-34)32-24-30(26-39-27-32)25-36(40)41-5)33-15-14-31(28(3)22-33)18-21-37(42-43(6,7)8)19-12-11-13-20-37/h14-17,22-24,26-27H,9-13,18-21,25H2,1-8H3. The van der Waals surface area contributed by atoms with Gasteiger partial charge < -0.3 is 9.16 Å². The summed E-state index contributed by atoms with van der Waals surface area (Å²) in [6.45, 7) is 16.1. The highest BCUT2D eigenvalue weighted by Crippen LogP contribution is 2.42. The normalized spacial score (nSPS) is 15.3. The first-order valence-corrected chi connectivity index (χ1v) is 19.8. The molecule has 4 rings (SSSR count). The summed E-state index contributed by atoms with van der Waals surface area (Å²) in [5.41, 5.74) is 9.87. The van der Waals surface area contributed by atoms with Crippen LogP contribution in [-0.4, -0.2) is 32.0 Å². The Morgan fingerprint density at radius 3 is 2.14 bits per heavy atom. The first-order valence-electron chi connectivity index (χ1n) is 16.4. The maximum atomic E-state index is 11.8. The molecule has 1 fully saturated rings. The Kier molecular flexibility index (Phi) is 10.7. The Bertz CT molecular complexity index is 1400. The van der Waals surface area contributed by atoms with Crippen LogP contribution >= 0.6 is 0 Å². The number of hydrogen-bond acceptors (Lipinski definition) is 4. The van der Waals surface area contributed by atoms with Crippen molar-refractivity contribution in [2.75, 3.05) is 7.11 Å². The first-order chi connectivity index (χ1) is 20.4. The van der Waals surface area contributed by atoms with E-state index in [1.807, 2.05) is 12.3 Å². The van der Waals surface area contributed by atoms with Gasteiger partial charge in [0.25, 0.3) is 0 Å². The third-order valence-corrected chi connectivity index (χ3v) is 10.7. The largest absolute Gasteiger partial charge is 0.469 e. The zero-order chi connectivity index (χ0) is 31.3. The summed E-state index contributed by atoms with van der Waals surface area (Å²) in [7, 11) is -0.195. The van der Waals surface area contributed by atoms with Crippen molar-refractivity contribution in [2.24, 2.45) is 0 Å². The van der Waals surface area contributed by atoms with Crippen LogP contribution in [0.4, 0.5) is 0 Å². The Morgan fingerprint density at radius 1 is 0.907 bits per heavy atom. The van der Waals surface area contributed by atoms with E-state index in [0.717, 1.165) is 42.4 Å². The van der Waals surface area contributed by atoms with Crippen molar-refractivity contribution >= 4 is 14.3 Å². The molecule has 1 saturated carbocycles. The molecule has 0 amide bonds. The molecule has 0 bridgehead atoms. The number of nitrogens with zero attached hydrogens (tertiary/aromatic N) is 1. The van der Waals surface area contributed by atoms with Crippen LogP contribution in [0.5, 0.6) is 0 Å². The summed E-state index contributed by atoms with van der Waals surface area (Å²) >= 11 is 0. The average Bonchev–Trinajstić information content (AvgIpc) is 2.97. The van der Waals surface area contributed by atoms with Crippen molar-refractivity contribution in [3.8, 4) is 11.1 Å². The molecule has 5 heteroatoms. The summed E-state index contributed by atoms with van der Waals surface area (Å²) in [6, 6.07) is 16.2. The fourth-order valence-corrected chi connectivity index (χ4v) is 8.98. The van der Waals surface area contributed by atoms with E-state index >= 15 is 0 Å². The molecule has 3 aromatic rings. The van der Waals surface area contributed by atoms with Crippen molar-refractivity contribution in [1.82, 2.24) is 4.98 Å². The van der Waals surface area contributed by atoms with Crippen molar-refractivity contribution in [3.63, 3.8) is 0 Å². The molecular weight excluding hydrogens is 547 g/mol. The van der Waals surface area contributed by atoms with E-state index in [-0.39, 0.29) is 23.4 Å². The number of benzene rings is 2. The van der Waals surface area contributed by atoms with Crippen molar-refractivity contribution in [3.05, 3.63) is 88.2 Å². The summed E-state index contributed by atoms with van der Waals surface area (Å²) in [4.78, 5) is 16.2. The second kappa shape index (κ2) is 13.9. The Morgan fingerprint density at radius 2 is 1.56 bits per heavy atom. The van der Waals surface area contributed by atoms with Gasteiger partial charge in [-0.05, 0) is 117 Å². The van der Waals surface area contributed by atoms with Gasteiger partial charge in [0.05, 0.1) is 19.1 Å². The van der Waals surface area contributed by atoms with Crippen molar-refractivity contribution < 1.29 is 14.0 Å². The molecule has 232 valence electrons. The maximum absolute atomic E-state index is 11.8. The van der Waals surface area contributed by atoms with Gasteiger partial charge in [-0.25, -0.2) is 0 Å². The first kappa shape index (κ1) is 33.1. The zero-order valence-corrected chi connectivity index (χ0v) is 28.9. The number of methoxy groups -OCH3 is 1. The lowest BCUT2D eigenvalue weighted by Crippen LogP contribution is -2.44. The van der Waals surface area contributed by atoms with Crippen LogP contribution in [-0.2, 0) is 32.2 Å². The van der Waals surface area contributed by atoms with Crippen LogP contribution in [0.15, 0.2) is 54.9 Å². The van der Waals surface area contributed by atoms with Gasteiger partial charge in [-0.1, -0.05) is 69.5 Å². The van der Waals surface area contributed by atoms with Crippen molar-refractivity contribution in [1.29, 1.82) is 0 Å². The SMILES string of the molecule is CCC(CC)(c1ccc(CCC2(O[Si](C)(C)C)CCCCC2)c(C)c1)c1ccc(-c2cncc(CC(=O)OC)c2)c(C)c1. The number of carbonyl (C=O) groups excluding carboxylic acids is 1. The highest BCUT2D eigenvalue weighted by Gasteiger charge is 2.37. The maximum Gasteiger partial charge on any atom is 0.310 e. The minimum Gasteiger partial charge on any atom is -0.469 e. The molecule has 2 aromatic carbocycles. The lowest BCUT2D eigenvalue weighted by atomic mass is 9.69. The van der Waals surface area contributed by atoms with E-state index in [2.05, 4.69) is 88.7 Å². The van der Waals surface area contributed by atoms with Crippen LogP contribution < -0.4 is 0 Å². The molecule has 0 unspecified atom stereocenters. The molecule has 1 aliphatic rings. The van der Waals surface area contributed by atoms with Gasteiger partial charge in [0.15, 0.2) is 8.32 Å². The molecule has 43 heavy (non-hydrogen) atoms. The molecule has 1 heterocycles. The molecule has 0 radical (unpaired) electrons. The molecule has 0 N–H and O–H groups in total. The number of pyridine rings is 1. The Balaban J connectivity index is 1.59. The molecule has 0 atom stereocenters. The highest BCUT2D eigenvalue weighted by molar-refractivity contribution is 6.69. The molecular formula is C38H53NO3Si. The predicted molar refractivity (Wildman–Crippen MR) is 181 cm³/mol. The van der Waals surface area contributed by atoms with Crippen LogP contribution in [0, 0.1) is 13.8 Å². The van der Waals surface area contributed by atoms with Gasteiger partial charge >= 0.3 is 5.97 Å². The number of carbonyl (C=O) groups is 1. The van der Waals surface area contributed by atoms with E-state index in [1.165, 1.54) is 67.0 Å². The number of esters is 1. The van der Waals surface area contributed by atoms with Crippen LogP contribution in [0.2, 0.25) is 19.6 Å². The smallest absolute Gasteiger partial charge is 0.310 e. The second-order valence-corrected chi connectivity index (χ2v) is 18.2. The Labute approximate surface area is 261 Å². The molecule has 0 aliphatic heterocycles. The van der Waals surface area contributed by atoms with E-state index in [1.54, 1.807) is 6.20 Å². The highest BCUT2D eigenvalue weighted by atomic mass is 28.4. The number of aryl methyl sites for hydroxylation is 3. The minimum atomic E-state index is -1.61. The predicted octanol–water partition coefficient (Wildman–Crippen LogP) is 9.67. The van der Waals surface area contributed by atoms with Gasteiger partial charge in [0.2, 0.25) is 0 Å². The van der Waals surface area contributed by atoms with Crippen LogP contribution in [0.1, 0.15) is 98.6 Å². The summed E-state index contributed by atoms with van der Waals surface area (Å²) in [5, 5.41) is 0. The van der Waals surface area contributed by atoms with E-state index in [4.69, 9.17) is 9.16 Å². The van der Waals surface area contributed by atoms with Gasteiger partial charge in [0, 0.05) is 23.4 Å². The molecule has 0 spiro atoms. The lowest BCUT2D eigenvalue weighted by molar-refractivity contribution is -0.139. The van der Waals surface area contributed by atoms with E-state index in [9.17, 15) is 4.79 Å². The van der Waals surface area contributed by atoms with E-state index < -0.39 is 8.32 Å². The lowest BCUT2D eigenvalue weighted by Gasteiger charge is -2.42. The Hall–Kier alpha value is -2.76. The molecule has 1 aromatic heterocycles. The van der Waals surface area contributed by atoms with Gasteiger partial charge in [-0.3, -0.25) is 9.78 Å². The fourth-order valence-electron chi connectivity index (χ4n) is 7.37. The third-order valence-electron chi connectivity index (χ3n) is 9.70. The van der Waals surface area contributed by atoms with Gasteiger partial charge in [-0.2, -0.15) is 0 Å². The molecule has 4 nitrogen and oxygen atoms in total. The monoisotopic (exact) mass is 599 g/mol. The molecule has 0 saturated heterocycles. The van der Waals surface area contributed by atoms with Gasteiger partial charge in [0.1, 0.15) is 0 Å². The summed E-state index contributed by atoms with van der Waals surface area (Å²) in [5.74, 6) is -0.253. The minimum absolute atomic E-state index is 0.0525. The van der Waals surface area contributed by atoms with E-state index in [0.29, 0.717) is 0 Å². The number of hydrogen-bond donors (Lipinski definition) is 0. The van der Waals surface area contributed by atoms with Crippen molar-refractivity contribution in [2.45, 2.75) is 123 Å².